The van der Waals surface area contributed by atoms with Gasteiger partial charge in [-0.2, -0.15) is 11.8 Å². The highest BCUT2D eigenvalue weighted by atomic mass is 35.5. The highest BCUT2D eigenvalue weighted by Gasteiger charge is 2.25. The van der Waals surface area contributed by atoms with E-state index in [1.165, 1.54) is 19.3 Å². The van der Waals surface area contributed by atoms with E-state index < -0.39 is 0 Å². The molecule has 0 spiro atoms. The lowest BCUT2D eigenvalue weighted by Crippen LogP contribution is -2.29. The molecule has 0 aromatic heterocycles. The van der Waals surface area contributed by atoms with Crippen molar-refractivity contribution < 1.29 is 0 Å². The Hall–Kier alpha value is 0.110. The van der Waals surface area contributed by atoms with E-state index in [0.717, 1.165) is 15.8 Å². The van der Waals surface area contributed by atoms with Crippen molar-refractivity contribution in [2.24, 2.45) is 0 Å². The topological polar surface area (TPSA) is 12.0 Å². The highest BCUT2D eigenvalue weighted by Crippen LogP contribution is 2.31. The van der Waals surface area contributed by atoms with E-state index in [-0.39, 0.29) is 6.04 Å². The van der Waals surface area contributed by atoms with Crippen molar-refractivity contribution >= 4 is 35.0 Å². The first kappa shape index (κ1) is 14.5. The number of nitrogens with one attached hydrogen (secondary N) is 1. The van der Waals surface area contributed by atoms with Gasteiger partial charge in [-0.3, -0.25) is 0 Å². The molecule has 1 nitrogen and oxygen atoms in total. The molecule has 1 aliphatic carbocycles. The molecule has 100 valence electrons. The van der Waals surface area contributed by atoms with Gasteiger partial charge in [-0.1, -0.05) is 29.3 Å². The van der Waals surface area contributed by atoms with Gasteiger partial charge in [0.1, 0.15) is 0 Å². The van der Waals surface area contributed by atoms with Crippen LogP contribution in [-0.4, -0.2) is 17.5 Å². The van der Waals surface area contributed by atoms with Gasteiger partial charge < -0.3 is 5.32 Å². The van der Waals surface area contributed by atoms with Crippen LogP contribution in [0.3, 0.4) is 0 Å². The minimum absolute atomic E-state index is 0.278. The lowest BCUT2D eigenvalue weighted by molar-refractivity contribution is 0.462. The van der Waals surface area contributed by atoms with Crippen LogP contribution in [0.5, 0.6) is 0 Å². The summed E-state index contributed by atoms with van der Waals surface area (Å²) < 4.78 is 0. The second-order valence-corrected chi connectivity index (χ2v) is 6.90. The molecule has 0 saturated heterocycles. The molecular formula is C14H19Cl2NS. The molecule has 1 aromatic rings. The third kappa shape index (κ3) is 3.57. The molecule has 0 bridgehead atoms. The molecule has 18 heavy (non-hydrogen) atoms. The van der Waals surface area contributed by atoms with E-state index in [2.05, 4.69) is 18.5 Å². The Balaban J connectivity index is 1.97. The van der Waals surface area contributed by atoms with Gasteiger partial charge in [-0.25, -0.2) is 0 Å². The Morgan fingerprint density at radius 1 is 1.33 bits per heavy atom. The molecular weight excluding hydrogens is 285 g/mol. The summed E-state index contributed by atoms with van der Waals surface area (Å²) in [7, 11) is 0. The fraction of sp³-hybridized carbons (Fsp3) is 0.571. The summed E-state index contributed by atoms with van der Waals surface area (Å²) in [4.78, 5) is 0. The summed E-state index contributed by atoms with van der Waals surface area (Å²) >= 11 is 14.1. The van der Waals surface area contributed by atoms with Crippen LogP contribution in [0.2, 0.25) is 10.0 Å². The largest absolute Gasteiger partial charge is 0.307 e. The number of benzene rings is 1. The molecule has 1 aromatic carbocycles. The second kappa shape index (κ2) is 6.51. The van der Waals surface area contributed by atoms with Crippen molar-refractivity contribution in [1.29, 1.82) is 0 Å². The predicted molar refractivity (Wildman–Crippen MR) is 83.0 cm³/mol. The predicted octanol–water partition coefficient (Wildman–Crippen LogP) is 4.93. The molecule has 1 saturated carbocycles. The lowest BCUT2D eigenvalue weighted by atomic mass is 10.1. The average molecular weight is 304 g/mol. The molecule has 1 N–H and O–H groups in total. The van der Waals surface area contributed by atoms with Crippen LogP contribution in [0.4, 0.5) is 0 Å². The minimum atomic E-state index is 0.278. The van der Waals surface area contributed by atoms with E-state index in [4.69, 9.17) is 23.2 Å². The van der Waals surface area contributed by atoms with E-state index in [1.54, 1.807) is 0 Å². The lowest BCUT2D eigenvalue weighted by Gasteiger charge is -2.21. The van der Waals surface area contributed by atoms with Gasteiger partial charge in [0.05, 0.1) is 0 Å². The van der Waals surface area contributed by atoms with Gasteiger partial charge in [-0.05, 0) is 50.1 Å². The molecule has 1 fully saturated rings. The molecule has 3 atom stereocenters. The number of hydrogen-bond acceptors (Lipinski definition) is 2. The number of hydrogen-bond donors (Lipinski definition) is 1. The van der Waals surface area contributed by atoms with Gasteiger partial charge >= 0.3 is 0 Å². The fourth-order valence-electron chi connectivity index (χ4n) is 2.60. The van der Waals surface area contributed by atoms with Gasteiger partial charge in [0.25, 0.3) is 0 Å². The first-order chi connectivity index (χ1) is 8.60. The SMILES string of the molecule is CSC1CCC(NC(C)c2ccc(Cl)cc2Cl)C1. The summed E-state index contributed by atoms with van der Waals surface area (Å²) in [6.45, 7) is 2.17. The van der Waals surface area contributed by atoms with E-state index in [9.17, 15) is 0 Å². The maximum Gasteiger partial charge on any atom is 0.0468 e. The Kier molecular flexibility index (Phi) is 5.25. The first-order valence-corrected chi connectivity index (χ1v) is 8.38. The van der Waals surface area contributed by atoms with Gasteiger partial charge in [0, 0.05) is 27.4 Å². The highest BCUT2D eigenvalue weighted by molar-refractivity contribution is 7.99. The van der Waals surface area contributed by atoms with Crippen molar-refractivity contribution in [1.82, 2.24) is 5.32 Å². The Bertz CT molecular complexity index is 411. The van der Waals surface area contributed by atoms with Gasteiger partial charge in [-0.15, -0.1) is 0 Å². The monoisotopic (exact) mass is 303 g/mol. The zero-order valence-electron chi connectivity index (χ0n) is 10.7. The van der Waals surface area contributed by atoms with Crippen LogP contribution in [0, 0.1) is 0 Å². The maximum atomic E-state index is 6.24. The Morgan fingerprint density at radius 3 is 2.72 bits per heavy atom. The number of halogens is 2. The smallest absolute Gasteiger partial charge is 0.0468 e. The summed E-state index contributed by atoms with van der Waals surface area (Å²) in [6, 6.07) is 6.63. The zero-order valence-corrected chi connectivity index (χ0v) is 13.1. The van der Waals surface area contributed by atoms with Crippen molar-refractivity contribution in [2.45, 2.75) is 43.5 Å². The maximum absolute atomic E-state index is 6.24. The quantitative estimate of drug-likeness (QED) is 0.846. The van der Waals surface area contributed by atoms with Crippen LogP contribution in [-0.2, 0) is 0 Å². The molecule has 0 aliphatic heterocycles. The van der Waals surface area contributed by atoms with Crippen LogP contribution in [0.15, 0.2) is 18.2 Å². The van der Waals surface area contributed by atoms with Crippen molar-refractivity contribution in [3.05, 3.63) is 33.8 Å². The van der Waals surface area contributed by atoms with Gasteiger partial charge in [0.15, 0.2) is 0 Å². The summed E-state index contributed by atoms with van der Waals surface area (Å²) in [5.41, 5.74) is 1.13. The standard InChI is InChI=1S/C14H19Cl2NS/c1-9(13-6-3-10(15)7-14(13)16)17-11-4-5-12(8-11)18-2/h3,6-7,9,11-12,17H,4-5,8H2,1-2H3. The minimum Gasteiger partial charge on any atom is -0.307 e. The Labute approximate surface area is 124 Å². The fourth-order valence-corrected chi connectivity index (χ4v) is 3.97. The molecule has 0 heterocycles. The number of rotatable bonds is 4. The molecule has 2 rings (SSSR count). The molecule has 1 aliphatic rings. The van der Waals surface area contributed by atoms with Crippen LogP contribution < -0.4 is 5.32 Å². The summed E-state index contributed by atoms with van der Waals surface area (Å²) in [6.07, 6.45) is 6.05. The van der Waals surface area contributed by atoms with E-state index in [1.807, 2.05) is 30.0 Å². The molecule has 0 radical (unpaired) electrons. The van der Waals surface area contributed by atoms with Crippen LogP contribution in [0.25, 0.3) is 0 Å². The van der Waals surface area contributed by atoms with Crippen molar-refractivity contribution in [3.63, 3.8) is 0 Å². The zero-order chi connectivity index (χ0) is 13.1. The van der Waals surface area contributed by atoms with E-state index in [0.29, 0.717) is 11.1 Å². The van der Waals surface area contributed by atoms with Crippen LogP contribution in [0.1, 0.15) is 37.8 Å². The van der Waals surface area contributed by atoms with Crippen molar-refractivity contribution in [2.75, 3.05) is 6.26 Å². The normalized spacial score (nSPS) is 25.3. The average Bonchev–Trinajstić information content (AvgIpc) is 2.76. The molecule has 4 heteroatoms. The summed E-state index contributed by atoms with van der Waals surface area (Å²) in [5.74, 6) is 0. The molecule has 3 unspecified atom stereocenters. The second-order valence-electron chi connectivity index (χ2n) is 4.92. The third-order valence-electron chi connectivity index (χ3n) is 3.63. The van der Waals surface area contributed by atoms with E-state index >= 15 is 0 Å². The molecule has 0 amide bonds. The van der Waals surface area contributed by atoms with Crippen molar-refractivity contribution in [3.8, 4) is 0 Å². The Morgan fingerprint density at radius 2 is 2.11 bits per heavy atom. The van der Waals surface area contributed by atoms with Gasteiger partial charge in [0.2, 0.25) is 0 Å². The summed E-state index contributed by atoms with van der Waals surface area (Å²) in [5, 5.41) is 5.94. The first-order valence-electron chi connectivity index (χ1n) is 6.34. The third-order valence-corrected chi connectivity index (χ3v) is 5.29. The van der Waals surface area contributed by atoms with Crippen LogP contribution >= 0.6 is 35.0 Å². The number of thioether (sulfide) groups is 1.